The average Bonchev–Trinajstić information content (AvgIpc) is 3.34. The van der Waals surface area contributed by atoms with Crippen molar-refractivity contribution in [2.24, 2.45) is 0 Å². The van der Waals surface area contributed by atoms with Crippen molar-refractivity contribution in [3.8, 4) is 11.5 Å². The molecule has 0 radical (unpaired) electrons. The molecule has 1 aliphatic heterocycles. The number of carbonyl (C=O) groups excluding carboxylic acids is 1. The summed E-state index contributed by atoms with van der Waals surface area (Å²) in [4.78, 5) is 28.6. The number of hydrogen-bond donors (Lipinski definition) is 0. The van der Waals surface area contributed by atoms with E-state index >= 15 is 0 Å². The fourth-order valence-corrected chi connectivity index (χ4v) is 4.72. The van der Waals surface area contributed by atoms with E-state index in [0.29, 0.717) is 38.2 Å². The Morgan fingerprint density at radius 3 is 2.47 bits per heavy atom. The van der Waals surface area contributed by atoms with Gasteiger partial charge in [0.05, 0.1) is 31.2 Å². The largest absolute Gasteiger partial charge is 0.493 e. The molecule has 162 valence electrons. The van der Waals surface area contributed by atoms with Crippen molar-refractivity contribution in [3.05, 3.63) is 74.1 Å². The second-order valence-corrected chi connectivity index (χ2v) is 8.63. The standard InChI is InChI=1S/C23H19N3O5S/c1-11-5-7-15-14(9-11)20(27)18-19(13-6-8-16(29-3)17(10-13)30-4)26(22(28)21(18)31-15)23-25-24-12(2)32-23/h5-10,19H,1-4H3/t19-/m1/s1. The molecule has 0 unspecified atom stereocenters. The van der Waals surface area contributed by atoms with Crippen LogP contribution in [-0.2, 0) is 0 Å². The van der Waals surface area contributed by atoms with E-state index in [1.54, 1.807) is 44.4 Å². The normalized spacial score (nSPS) is 15.3. The lowest BCUT2D eigenvalue weighted by Crippen LogP contribution is -2.29. The van der Waals surface area contributed by atoms with Crippen molar-refractivity contribution in [2.45, 2.75) is 19.9 Å². The smallest absolute Gasteiger partial charge is 0.297 e. The Morgan fingerprint density at radius 2 is 1.78 bits per heavy atom. The maximum atomic E-state index is 13.6. The third-order valence-corrected chi connectivity index (χ3v) is 6.31. The highest BCUT2D eigenvalue weighted by Gasteiger charge is 2.45. The van der Waals surface area contributed by atoms with E-state index in [0.717, 1.165) is 5.56 Å². The van der Waals surface area contributed by atoms with Gasteiger partial charge in [0.25, 0.3) is 5.91 Å². The average molecular weight is 449 g/mol. The maximum absolute atomic E-state index is 13.6. The number of aryl methyl sites for hydroxylation is 2. The zero-order valence-corrected chi connectivity index (χ0v) is 18.6. The van der Waals surface area contributed by atoms with Crippen LogP contribution in [0.1, 0.15) is 38.3 Å². The molecule has 5 rings (SSSR count). The van der Waals surface area contributed by atoms with E-state index in [1.807, 2.05) is 13.0 Å². The first kappa shape index (κ1) is 20.2. The minimum atomic E-state index is -0.745. The number of hydrogen-bond acceptors (Lipinski definition) is 8. The number of amides is 1. The molecule has 2 aromatic carbocycles. The van der Waals surface area contributed by atoms with Crippen LogP contribution in [0.3, 0.4) is 0 Å². The molecule has 1 atom stereocenters. The number of fused-ring (bicyclic) bond motifs is 2. The van der Waals surface area contributed by atoms with Crippen LogP contribution in [0.4, 0.5) is 5.13 Å². The zero-order chi connectivity index (χ0) is 22.6. The van der Waals surface area contributed by atoms with E-state index < -0.39 is 11.9 Å². The molecule has 32 heavy (non-hydrogen) atoms. The fraction of sp³-hybridized carbons (Fsp3) is 0.217. The second kappa shape index (κ2) is 7.45. The molecule has 1 aliphatic rings. The Balaban J connectivity index is 1.81. The summed E-state index contributed by atoms with van der Waals surface area (Å²) in [7, 11) is 3.08. The molecule has 2 aromatic heterocycles. The SMILES string of the molecule is COc1ccc([C@@H]2c3c(oc4ccc(C)cc4c3=O)C(=O)N2c2nnc(C)s2)cc1OC. The van der Waals surface area contributed by atoms with Crippen molar-refractivity contribution >= 4 is 33.3 Å². The molecule has 0 fully saturated rings. The monoisotopic (exact) mass is 449 g/mol. The summed E-state index contributed by atoms with van der Waals surface area (Å²) >= 11 is 1.27. The van der Waals surface area contributed by atoms with Crippen LogP contribution in [0, 0.1) is 13.8 Å². The zero-order valence-electron chi connectivity index (χ0n) is 17.8. The van der Waals surface area contributed by atoms with E-state index in [2.05, 4.69) is 10.2 Å². The maximum Gasteiger partial charge on any atom is 0.297 e. The lowest BCUT2D eigenvalue weighted by Gasteiger charge is -2.23. The predicted molar refractivity (Wildman–Crippen MR) is 120 cm³/mol. The van der Waals surface area contributed by atoms with Gasteiger partial charge in [-0.25, -0.2) is 0 Å². The summed E-state index contributed by atoms with van der Waals surface area (Å²) in [6, 6.07) is 9.88. The number of carbonyl (C=O) groups is 1. The summed E-state index contributed by atoms with van der Waals surface area (Å²) in [5, 5.41) is 9.75. The van der Waals surface area contributed by atoms with Gasteiger partial charge < -0.3 is 13.9 Å². The van der Waals surface area contributed by atoms with Crippen molar-refractivity contribution in [2.75, 3.05) is 19.1 Å². The Kier molecular flexibility index (Phi) is 4.70. The highest BCUT2D eigenvalue weighted by molar-refractivity contribution is 7.15. The highest BCUT2D eigenvalue weighted by Crippen LogP contribution is 2.43. The third kappa shape index (κ3) is 2.96. The number of rotatable bonds is 4. The van der Waals surface area contributed by atoms with Crippen molar-refractivity contribution < 1.29 is 18.7 Å². The summed E-state index contributed by atoms with van der Waals surface area (Å²) in [6.45, 7) is 3.71. The summed E-state index contributed by atoms with van der Waals surface area (Å²) in [5.74, 6) is 0.607. The molecule has 0 saturated carbocycles. The minimum absolute atomic E-state index is 0.0130. The first-order valence-electron chi connectivity index (χ1n) is 9.86. The van der Waals surface area contributed by atoms with Gasteiger partial charge in [0.15, 0.2) is 16.9 Å². The molecule has 0 spiro atoms. The summed E-state index contributed by atoms with van der Waals surface area (Å²) < 4.78 is 16.8. The van der Waals surface area contributed by atoms with E-state index in [9.17, 15) is 9.59 Å². The Morgan fingerprint density at radius 1 is 1.00 bits per heavy atom. The molecule has 8 nitrogen and oxygen atoms in total. The predicted octanol–water partition coefficient (Wildman–Crippen LogP) is 4.03. The van der Waals surface area contributed by atoms with Gasteiger partial charge in [0, 0.05) is 0 Å². The van der Waals surface area contributed by atoms with Crippen LogP contribution in [0.15, 0.2) is 45.6 Å². The van der Waals surface area contributed by atoms with Crippen molar-refractivity contribution in [1.82, 2.24) is 10.2 Å². The molecule has 0 aliphatic carbocycles. The van der Waals surface area contributed by atoms with Gasteiger partial charge in [-0.3, -0.25) is 14.5 Å². The van der Waals surface area contributed by atoms with Gasteiger partial charge in [-0.15, -0.1) is 10.2 Å². The first-order chi connectivity index (χ1) is 15.4. The van der Waals surface area contributed by atoms with Crippen LogP contribution < -0.4 is 19.8 Å². The lowest BCUT2D eigenvalue weighted by molar-refractivity contribution is 0.0970. The van der Waals surface area contributed by atoms with Gasteiger partial charge in [-0.1, -0.05) is 29.0 Å². The van der Waals surface area contributed by atoms with Crippen LogP contribution in [-0.4, -0.2) is 30.3 Å². The number of anilines is 1. The van der Waals surface area contributed by atoms with Crippen molar-refractivity contribution in [3.63, 3.8) is 0 Å². The summed E-state index contributed by atoms with van der Waals surface area (Å²) in [6.07, 6.45) is 0. The molecule has 0 saturated heterocycles. The topological polar surface area (TPSA) is 94.8 Å². The van der Waals surface area contributed by atoms with E-state index in [1.165, 1.54) is 23.3 Å². The van der Waals surface area contributed by atoms with Crippen LogP contribution in [0.5, 0.6) is 11.5 Å². The molecule has 0 bridgehead atoms. The summed E-state index contributed by atoms with van der Waals surface area (Å²) in [5.41, 5.74) is 1.99. The quantitative estimate of drug-likeness (QED) is 0.464. The fourth-order valence-electron chi connectivity index (χ4n) is 4.01. The van der Waals surface area contributed by atoms with Gasteiger partial charge in [-0.05, 0) is 43.7 Å². The Hall–Kier alpha value is -3.72. The van der Waals surface area contributed by atoms with Crippen molar-refractivity contribution in [1.29, 1.82) is 0 Å². The molecule has 3 heterocycles. The van der Waals surface area contributed by atoms with Gasteiger partial charge in [0.1, 0.15) is 10.6 Å². The number of nitrogens with zero attached hydrogens (tertiary/aromatic N) is 3. The molecule has 0 N–H and O–H groups in total. The number of aromatic nitrogens is 2. The molecular formula is C23H19N3O5S. The Bertz CT molecular complexity index is 1440. The van der Waals surface area contributed by atoms with Crippen LogP contribution >= 0.6 is 11.3 Å². The van der Waals surface area contributed by atoms with E-state index in [4.69, 9.17) is 13.9 Å². The second-order valence-electron chi connectivity index (χ2n) is 7.47. The number of benzene rings is 2. The van der Waals surface area contributed by atoms with E-state index in [-0.39, 0.29) is 16.8 Å². The van der Waals surface area contributed by atoms with Gasteiger partial charge in [0.2, 0.25) is 10.9 Å². The molecule has 4 aromatic rings. The third-order valence-electron chi connectivity index (χ3n) is 5.47. The minimum Gasteiger partial charge on any atom is -0.493 e. The Labute approximate surface area is 187 Å². The van der Waals surface area contributed by atoms with Crippen LogP contribution in [0.25, 0.3) is 11.0 Å². The lowest BCUT2D eigenvalue weighted by atomic mass is 9.98. The molecule has 9 heteroatoms. The molecular weight excluding hydrogens is 430 g/mol. The van der Waals surface area contributed by atoms with Gasteiger partial charge in [-0.2, -0.15) is 0 Å². The first-order valence-corrected chi connectivity index (χ1v) is 10.7. The molecule has 1 amide bonds. The number of methoxy groups -OCH3 is 2. The van der Waals surface area contributed by atoms with Crippen LogP contribution in [0.2, 0.25) is 0 Å². The number of ether oxygens (including phenoxy) is 2. The van der Waals surface area contributed by atoms with Gasteiger partial charge >= 0.3 is 0 Å². The highest BCUT2D eigenvalue weighted by atomic mass is 32.1.